The molecule has 1 heterocycles. The molecule has 1 saturated carbocycles. The summed E-state index contributed by atoms with van der Waals surface area (Å²) in [7, 11) is 3.57. The molecule has 0 bridgehead atoms. The molecule has 4 heteroatoms. The van der Waals surface area contributed by atoms with Gasteiger partial charge in [-0.15, -0.1) is 0 Å². The van der Waals surface area contributed by atoms with E-state index in [-0.39, 0.29) is 11.4 Å². The van der Waals surface area contributed by atoms with E-state index in [0.29, 0.717) is 12.2 Å². The zero-order valence-corrected chi connectivity index (χ0v) is 17.9. The lowest BCUT2D eigenvalue weighted by molar-refractivity contribution is 0.0551. The van der Waals surface area contributed by atoms with Crippen molar-refractivity contribution in [1.29, 1.82) is 0 Å². The maximum absolute atomic E-state index is 12.9. The topological polar surface area (TPSA) is 42.4 Å². The van der Waals surface area contributed by atoms with E-state index in [1.54, 1.807) is 7.11 Å². The summed E-state index contributed by atoms with van der Waals surface area (Å²) in [6.45, 7) is 6.96. The number of hydrogen-bond acceptors (Lipinski definition) is 3. The van der Waals surface area contributed by atoms with E-state index in [1.807, 2.05) is 36.2 Å². The van der Waals surface area contributed by atoms with Crippen LogP contribution in [0.25, 0.3) is 22.2 Å². The van der Waals surface area contributed by atoms with Crippen molar-refractivity contribution >= 4 is 16.8 Å². The number of amides is 1. The number of pyridine rings is 1. The molecule has 1 fully saturated rings. The second-order valence-electron chi connectivity index (χ2n) is 8.33. The first-order valence-electron chi connectivity index (χ1n) is 10.1. The fourth-order valence-corrected chi connectivity index (χ4v) is 4.03. The van der Waals surface area contributed by atoms with Gasteiger partial charge in [-0.25, -0.2) is 4.98 Å². The highest BCUT2D eigenvalue weighted by Gasteiger charge is 2.48. The Hall–Kier alpha value is -2.72. The third-order valence-corrected chi connectivity index (χ3v) is 6.40. The normalized spacial score (nSPS) is 14.8. The van der Waals surface area contributed by atoms with Gasteiger partial charge < -0.3 is 9.64 Å². The van der Waals surface area contributed by atoms with Gasteiger partial charge in [0.25, 0.3) is 5.91 Å². The van der Waals surface area contributed by atoms with E-state index in [1.165, 1.54) is 22.1 Å². The van der Waals surface area contributed by atoms with E-state index < -0.39 is 0 Å². The van der Waals surface area contributed by atoms with Gasteiger partial charge in [0, 0.05) is 30.7 Å². The van der Waals surface area contributed by atoms with Gasteiger partial charge in [-0.2, -0.15) is 0 Å². The Balaban J connectivity index is 1.64. The number of likely N-dealkylation sites (N-methyl/N-ethyl adjacent to an activating group) is 1. The summed E-state index contributed by atoms with van der Waals surface area (Å²) < 4.78 is 5.32. The average molecular weight is 389 g/mol. The van der Waals surface area contributed by atoms with Gasteiger partial charge in [0.05, 0.1) is 23.4 Å². The van der Waals surface area contributed by atoms with Crippen molar-refractivity contribution in [2.24, 2.45) is 0 Å². The van der Waals surface area contributed by atoms with Crippen LogP contribution >= 0.6 is 0 Å². The Bertz CT molecular complexity index is 1080. The second-order valence-corrected chi connectivity index (χ2v) is 8.33. The highest BCUT2D eigenvalue weighted by molar-refractivity contribution is 5.95. The number of ether oxygens (including phenoxy) is 1. The predicted molar refractivity (Wildman–Crippen MR) is 117 cm³/mol. The number of carbonyl (C=O) groups excluding carboxylic acids is 1. The highest BCUT2D eigenvalue weighted by Crippen LogP contribution is 2.41. The number of fused-ring (bicyclic) bond motifs is 1. The van der Waals surface area contributed by atoms with Gasteiger partial charge in [0.2, 0.25) is 0 Å². The van der Waals surface area contributed by atoms with Crippen molar-refractivity contribution in [1.82, 2.24) is 9.88 Å². The molecule has 29 heavy (non-hydrogen) atoms. The van der Waals surface area contributed by atoms with Crippen LogP contribution in [0.5, 0.6) is 0 Å². The van der Waals surface area contributed by atoms with Gasteiger partial charge >= 0.3 is 0 Å². The minimum absolute atomic E-state index is 0.0419. The molecule has 0 aliphatic heterocycles. The van der Waals surface area contributed by atoms with E-state index in [2.05, 4.69) is 39.0 Å². The molecular weight excluding hydrogens is 360 g/mol. The molecule has 1 amide bonds. The molecule has 1 aliphatic rings. The summed E-state index contributed by atoms with van der Waals surface area (Å²) in [6.07, 6.45) is 2.00. The van der Waals surface area contributed by atoms with Gasteiger partial charge in [0.15, 0.2) is 0 Å². The Morgan fingerprint density at radius 1 is 1.07 bits per heavy atom. The molecule has 0 N–H and O–H groups in total. The van der Waals surface area contributed by atoms with Crippen molar-refractivity contribution in [3.8, 4) is 11.3 Å². The maximum atomic E-state index is 12.9. The maximum Gasteiger partial charge on any atom is 0.254 e. The van der Waals surface area contributed by atoms with Crippen LogP contribution in [0.3, 0.4) is 0 Å². The first-order valence-corrected chi connectivity index (χ1v) is 10.1. The quantitative estimate of drug-likeness (QED) is 0.612. The number of rotatable bonds is 5. The first kappa shape index (κ1) is 19.6. The van der Waals surface area contributed by atoms with Crippen molar-refractivity contribution in [2.45, 2.75) is 39.2 Å². The monoisotopic (exact) mass is 388 g/mol. The molecule has 1 aliphatic carbocycles. The number of hydrogen-bond donors (Lipinski definition) is 0. The molecule has 0 radical (unpaired) electrons. The summed E-state index contributed by atoms with van der Waals surface area (Å²) in [4.78, 5) is 19.7. The van der Waals surface area contributed by atoms with Gasteiger partial charge in [-0.1, -0.05) is 24.3 Å². The van der Waals surface area contributed by atoms with E-state index >= 15 is 0 Å². The molecule has 3 aromatic rings. The minimum atomic E-state index is -0.128. The van der Waals surface area contributed by atoms with Crippen molar-refractivity contribution < 1.29 is 9.53 Å². The summed E-state index contributed by atoms with van der Waals surface area (Å²) in [5.41, 5.74) is 7.25. The molecule has 0 atom stereocenters. The molecule has 1 aromatic heterocycles. The molecule has 2 aromatic carbocycles. The number of carbonyl (C=O) groups is 1. The Kier molecular flexibility index (Phi) is 4.91. The van der Waals surface area contributed by atoms with E-state index in [0.717, 1.165) is 29.6 Å². The summed E-state index contributed by atoms with van der Waals surface area (Å²) in [6, 6.07) is 14.2. The average Bonchev–Trinajstić information content (AvgIpc) is 3.51. The number of benzene rings is 2. The largest absolute Gasteiger partial charge is 0.382 e. The molecular formula is C25H28N2O2. The fraction of sp³-hybridized carbons (Fsp3) is 0.360. The Labute approximate surface area is 172 Å². The number of methoxy groups -OCH3 is 1. The standard InChI is InChI=1S/C25H28N2O2/c1-16-6-11-21-17(2)14-22(26-23(21)18(16)3)19-7-9-20(10-8-19)24(28)27(4)25(12-13-25)15-29-5/h6-11,14H,12-13,15H2,1-5H3. The molecule has 4 nitrogen and oxygen atoms in total. The van der Waals surface area contributed by atoms with Crippen LogP contribution in [-0.4, -0.2) is 42.1 Å². The minimum Gasteiger partial charge on any atom is -0.382 e. The number of aryl methyl sites for hydroxylation is 3. The van der Waals surface area contributed by atoms with Gasteiger partial charge in [-0.05, 0) is 68.5 Å². The zero-order chi connectivity index (χ0) is 20.8. The van der Waals surface area contributed by atoms with Crippen molar-refractivity contribution in [3.63, 3.8) is 0 Å². The van der Waals surface area contributed by atoms with Crippen LogP contribution in [0.15, 0.2) is 42.5 Å². The highest BCUT2D eigenvalue weighted by atomic mass is 16.5. The predicted octanol–water partition coefficient (Wildman–Crippen LogP) is 5.08. The second kappa shape index (κ2) is 7.27. The lowest BCUT2D eigenvalue weighted by Crippen LogP contribution is -2.42. The third-order valence-electron chi connectivity index (χ3n) is 6.40. The summed E-state index contributed by atoms with van der Waals surface area (Å²) >= 11 is 0. The van der Waals surface area contributed by atoms with Crippen LogP contribution in [-0.2, 0) is 4.74 Å². The zero-order valence-electron chi connectivity index (χ0n) is 17.9. The Morgan fingerprint density at radius 3 is 2.38 bits per heavy atom. The third kappa shape index (κ3) is 3.42. The van der Waals surface area contributed by atoms with Crippen molar-refractivity contribution in [3.05, 3.63) is 64.7 Å². The smallest absolute Gasteiger partial charge is 0.254 e. The molecule has 4 rings (SSSR count). The van der Waals surface area contributed by atoms with Gasteiger partial charge in [0.1, 0.15) is 0 Å². The van der Waals surface area contributed by atoms with Crippen LogP contribution in [0.4, 0.5) is 0 Å². The van der Waals surface area contributed by atoms with E-state index in [4.69, 9.17) is 9.72 Å². The lowest BCUT2D eigenvalue weighted by atomic mass is 9.99. The number of nitrogens with zero attached hydrogens (tertiary/aromatic N) is 2. The van der Waals surface area contributed by atoms with Crippen LogP contribution in [0.1, 0.15) is 39.9 Å². The lowest BCUT2D eigenvalue weighted by Gasteiger charge is -2.27. The van der Waals surface area contributed by atoms with Crippen molar-refractivity contribution in [2.75, 3.05) is 20.8 Å². The summed E-state index contributed by atoms with van der Waals surface area (Å²) in [5.74, 6) is 0.0419. The number of aromatic nitrogens is 1. The van der Waals surface area contributed by atoms with Gasteiger partial charge in [-0.3, -0.25) is 4.79 Å². The molecule has 0 unspecified atom stereocenters. The van der Waals surface area contributed by atoms with E-state index in [9.17, 15) is 4.79 Å². The van der Waals surface area contributed by atoms with Crippen LogP contribution in [0, 0.1) is 20.8 Å². The Morgan fingerprint density at radius 2 is 1.76 bits per heavy atom. The fourth-order valence-electron chi connectivity index (χ4n) is 4.03. The first-order chi connectivity index (χ1) is 13.9. The molecule has 150 valence electrons. The van der Waals surface area contributed by atoms with Crippen LogP contribution in [0.2, 0.25) is 0 Å². The van der Waals surface area contributed by atoms with Crippen LogP contribution < -0.4 is 0 Å². The molecule has 0 spiro atoms. The SMILES string of the molecule is COCC1(N(C)C(=O)c2ccc(-c3cc(C)c4ccc(C)c(C)c4n3)cc2)CC1. The summed E-state index contributed by atoms with van der Waals surface area (Å²) in [5, 5.41) is 1.19. The molecule has 0 saturated heterocycles.